The van der Waals surface area contributed by atoms with E-state index in [0.29, 0.717) is 32.8 Å². The summed E-state index contributed by atoms with van der Waals surface area (Å²) in [4.78, 5) is 19.4. The molecule has 0 aromatic carbocycles. The topological polar surface area (TPSA) is 54.9 Å². The third kappa shape index (κ3) is 3.75. The number of aromatic nitrogens is 1. The lowest BCUT2D eigenvalue weighted by molar-refractivity contribution is -0.148. The van der Waals surface area contributed by atoms with Gasteiger partial charge in [0.15, 0.2) is 16.9 Å². The van der Waals surface area contributed by atoms with E-state index >= 15 is 0 Å². The van der Waals surface area contributed by atoms with Gasteiger partial charge in [-0.25, -0.2) is 4.98 Å². The van der Waals surface area contributed by atoms with Crippen molar-refractivity contribution in [3.63, 3.8) is 0 Å². The predicted molar refractivity (Wildman–Crippen MR) is 76.5 cm³/mol. The maximum absolute atomic E-state index is 12.6. The van der Waals surface area contributed by atoms with Crippen LogP contribution >= 0.6 is 11.3 Å². The monoisotopic (exact) mass is 351 g/mol. The van der Waals surface area contributed by atoms with Gasteiger partial charge < -0.3 is 19.3 Å². The summed E-state index contributed by atoms with van der Waals surface area (Å²) in [7, 11) is 0. The molecule has 3 heterocycles. The zero-order valence-electron chi connectivity index (χ0n) is 12.2. The minimum absolute atomic E-state index is 0.148. The van der Waals surface area contributed by atoms with Crippen molar-refractivity contribution in [1.82, 2.24) is 9.88 Å². The van der Waals surface area contributed by atoms with Crippen LogP contribution in [0.4, 0.5) is 18.3 Å². The highest BCUT2D eigenvalue weighted by Crippen LogP contribution is 2.33. The van der Waals surface area contributed by atoms with Crippen molar-refractivity contribution in [3.8, 4) is 0 Å². The number of ether oxygens (including phenoxy) is 2. The molecule has 0 spiro atoms. The lowest BCUT2D eigenvalue weighted by Crippen LogP contribution is -2.53. The molecule has 0 radical (unpaired) electrons. The summed E-state index contributed by atoms with van der Waals surface area (Å²) in [5.74, 6) is -0.148. The summed E-state index contributed by atoms with van der Waals surface area (Å²) in [6, 6.07) is 0. The predicted octanol–water partition coefficient (Wildman–Crippen LogP) is 1.23. The molecule has 0 N–H and O–H groups in total. The second-order valence-electron chi connectivity index (χ2n) is 5.26. The fourth-order valence-corrected chi connectivity index (χ4v) is 3.37. The van der Waals surface area contributed by atoms with Gasteiger partial charge in [0.2, 0.25) is 0 Å². The number of nitrogens with zero attached hydrogens (tertiary/aromatic N) is 3. The SMILES string of the molecule is O=C(C1CN(c2nc(C(F)(F)F)cs2)CCO1)N1CCOCC1. The summed E-state index contributed by atoms with van der Waals surface area (Å²) >= 11 is 0.927. The van der Waals surface area contributed by atoms with Gasteiger partial charge >= 0.3 is 6.18 Å². The van der Waals surface area contributed by atoms with E-state index in [1.807, 2.05) is 0 Å². The highest BCUT2D eigenvalue weighted by molar-refractivity contribution is 7.13. The number of amides is 1. The van der Waals surface area contributed by atoms with Crippen LogP contribution in [0.15, 0.2) is 5.38 Å². The number of hydrogen-bond donors (Lipinski definition) is 0. The summed E-state index contributed by atoms with van der Waals surface area (Å²) in [6.07, 6.45) is -5.13. The molecule has 23 heavy (non-hydrogen) atoms. The van der Waals surface area contributed by atoms with E-state index in [1.54, 1.807) is 9.80 Å². The van der Waals surface area contributed by atoms with Gasteiger partial charge in [0.05, 0.1) is 26.4 Å². The van der Waals surface area contributed by atoms with Crippen molar-refractivity contribution < 1.29 is 27.4 Å². The molecule has 0 aliphatic carbocycles. The summed E-state index contributed by atoms with van der Waals surface area (Å²) in [5.41, 5.74) is -0.903. The van der Waals surface area contributed by atoms with Crippen molar-refractivity contribution in [2.24, 2.45) is 0 Å². The van der Waals surface area contributed by atoms with Gasteiger partial charge in [-0.3, -0.25) is 4.79 Å². The van der Waals surface area contributed by atoms with Crippen molar-refractivity contribution in [2.45, 2.75) is 12.3 Å². The Balaban J connectivity index is 1.66. The fourth-order valence-electron chi connectivity index (χ4n) is 2.50. The van der Waals surface area contributed by atoms with Crippen molar-refractivity contribution in [3.05, 3.63) is 11.1 Å². The van der Waals surface area contributed by atoms with Crippen LogP contribution < -0.4 is 4.90 Å². The zero-order valence-corrected chi connectivity index (χ0v) is 13.0. The second kappa shape index (κ2) is 6.62. The van der Waals surface area contributed by atoms with Gasteiger partial charge in [0, 0.05) is 25.0 Å². The van der Waals surface area contributed by atoms with Crippen LogP contribution in [0, 0.1) is 0 Å². The van der Waals surface area contributed by atoms with Gasteiger partial charge in [-0.05, 0) is 0 Å². The van der Waals surface area contributed by atoms with Crippen LogP contribution in [-0.4, -0.2) is 67.9 Å². The number of rotatable bonds is 2. The molecule has 1 unspecified atom stereocenters. The molecule has 2 saturated heterocycles. The molecule has 0 saturated carbocycles. The Hall–Kier alpha value is -1.39. The lowest BCUT2D eigenvalue weighted by Gasteiger charge is -2.36. The Morgan fingerprint density at radius 1 is 1.26 bits per heavy atom. The van der Waals surface area contributed by atoms with E-state index in [1.165, 1.54) is 0 Å². The lowest BCUT2D eigenvalue weighted by atomic mass is 10.2. The summed E-state index contributed by atoms with van der Waals surface area (Å²) < 4.78 is 48.6. The molecule has 2 fully saturated rings. The third-order valence-corrected chi connectivity index (χ3v) is 4.62. The standard InChI is InChI=1S/C13H16F3N3O3S/c14-13(15,16)10-8-23-12(17-10)19-3-6-22-9(7-19)11(20)18-1-4-21-5-2-18/h8-9H,1-7H2. The average Bonchev–Trinajstić information content (AvgIpc) is 3.05. The number of morpholine rings is 2. The van der Waals surface area contributed by atoms with E-state index in [9.17, 15) is 18.0 Å². The van der Waals surface area contributed by atoms with E-state index in [0.717, 1.165) is 16.7 Å². The molecule has 0 bridgehead atoms. The number of halogens is 3. The van der Waals surface area contributed by atoms with Crippen molar-refractivity contribution in [1.29, 1.82) is 0 Å². The summed E-state index contributed by atoms with van der Waals surface area (Å²) in [6.45, 7) is 2.90. The number of thiazole rings is 1. The quantitative estimate of drug-likeness (QED) is 0.802. The number of alkyl halides is 3. The number of carbonyl (C=O) groups is 1. The van der Waals surface area contributed by atoms with Crippen LogP contribution in [0.1, 0.15) is 5.69 Å². The third-order valence-electron chi connectivity index (χ3n) is 3.72. The Morgan fingerprint density at radius 2 is 2.00 bits per heavy atom. The molecular weight excluding hydrogens is 335 g/mol. The molecule has 6 nitrogen and oxygen atoms in total. The van der Waals surface area contributed by atoms with Crippen LogP contribution in [0.25, 0.3) is 0 Å². The normalized spacial score (nSPS) is 23.2. The molecule has 10 heteroatoms. The minimum Gasteiger partial charge on any atom is -0.378 e. The molecular formula is C13H16F3N3O3S. The molecule has 1 amide bonds. The Labute approximate surface area is 134 Å². The molecule has 1 aromatic rings. The van der Waals surface area contributed by atoms with Gasteiger partial charge in [0.25, 0.3) is 5.91 Å². The van der Waals surface area contributed by atoms with Crippen LogP contribution in [0.2, 0.25) is 0 Å². The number of carbonyl (C=O) groups excluding carboxylic acids is 1. The average molecular weight is 351 g/mol. The van der Waals surface area contributed by atoms with Gasteiger partial charge in [0.1, 0.15) is 0 Å². The van der Waals surface area contributed by atoms with Gasteiger partial charge in [-0.1, -0.05) is 0 Å². The van der Waals surface area contributed by atoms with Crippen LogP contribution in [-0.2, 0) is 20.4 Å². The van der Waals surface area contributed by atoms with Gasteiger partial charge in [-0.15, -0.1) is 11.3 Å². The first-order valence-electron chi connectivity index (χ1n) is 7.21. The smallest absolute Gasteiger partial charge is 0.378 e. The van der Waals surface area contributed by atoms with Crippen molar-refractivity contribution in [2.75, 3.05) is 50.9 Å². The largest absolute Gasteiger partial charge is 0.434 e. The molecule has 2 aliphatic heterocycles. The van der Waals surface area contributed by atoms with E-state index in [4.69, 9.17) is 9.47 Å². The first-order chi connectivity index (χ1) is 10.9. The molecule has 1 atom stereocenters. The molecule has 128 valence electrons. The molecule has 1 aromatic heterocycles. The first-order valence-corrected chi connectivity index (χ1v) is 8.09. The number of anilines is 1. The van der Waals surface area contributed by atoms with E-state index in [2.05, 4.69) is 4.98 Å². The fraction of sp³-hybridized carbons (Fsp3) is 0.692. The second-order valence-corrected chi connectivity index (χ2v) is 6.09. The van der Waals surface area contributed by atoms with Gasteiger partial charge in [-0.2, -0.15) is 13.2 Å². The minimum atomic E-state index is -4.45. The first kappa shape index (κ1) is 16.5. The Kier molecular flexibility index (Phi) is 4.74. The van der Waals surface area contributed by atoms with E-state index in [-0.39, 0.29) is 24.2 Å². The molecule has 2 aliphatic rings. The van der Waals surface area contributed by atoms with Crippen LogP contribution in [0.3, 0.4) is 0 Å². The van der Waals surface area contributed by atoms with Crippen LogP contribution in [0.5, 0.6) is 0 Å². The Bertz CT molecular complexity index is 560. The maximum atomic E-state index is 12.6. The van der Waals surface area contributed by atoms with E-state index < -0.39 is 18.0 Å². The highest BCUT2D eigenvalue weighted by Gasteiger charge is 2.36. The Morgan fingerprint density at radius 3 is 2.65 bits per heavy atom. The van der Waals surface area contributed by atoms with Crippen molar-refractivity contribution >= 4 is 22.4 Å². The number of hydrogen-bond acceptors (Lipinski definition) is 6. The zero-order chi connectivity index (χ0) is 16.4. The summed E-state index contributed by atoms with van der Waals surface area (Å²) in [5, 5.41) is 1.25. The highest BCUT2D eigenvalue weighted by atomic mass is 32.1. The maximum Gasteiger partial charge on any atom is 0.434 e. The molecule has 3 rings (SSSR count).